The van der Waals surface area contributed by atoms with E-state index < -0.39 is 0 Å². The number of nitrogens with one attached hydrogen (secondary N) is 2. The summed E-state index contributed by atoms with van der Waals surface area (Å²) in [4.78, 5) is 12.4. The van der Waals surface area contributed by atoms with Gasteiger partial charge >= 0.3 is 0 Å². The molecular weight excluding hydrogens is 391 g/mol. The van der Waals surface area contributed by atoms with Crippen LogP contribution in [0.1, 0.15) is 18.4 Å². The van der Waals surface area contributed by atoms with Gasteiger partial charge in [0.15, 0.2) is 0 Å². The lowest BCUT2D eigenvalue weighted by Crippen LogP contribution is -2.43. The van der Waals surface area contributed by atoms with E-state index in [1.165, 1.54) is 3.57 Å². The maximum absolute atomic E-state index is 12.4. The van der Waals surface area contributed by atoms with Gasteiger partial charge < -0.3 is 15.4 Å². The fraction of sp³-hybridized carbons (Fsp3) is 0.588. The van der Waals surface area contributed by atoms with E-state index in [0.29, 0.717) is 18.4 Å². The lowest BCUT2D eigenvalue weighted by Gasteiger charge is -2.20. The first-order valence-corrected chi connectivity index (χ1v) is 9.08. The zero-order valence-electron chi connectivity index (χ0n) is 12.7. The van der Waals surface area contributed by atoms with Gasteiger partial charge in [-0.25, -0.2) is 0 Å². The Labute approximate surface area is 144 Å². The van der Waals surface area contributed by atoms with Crippen molar-refractivity contribution in [3.63, 3.8) is 0 Å². The van der Waals surface area contributed by atoms with Gasteiger partial charge in [-0.1, -0.05) is 0 Å². The van der Waals surface area contributed by atoms with Crippen LogP contribution in [0.2, 0.25) is 0 Å². The lowest BCUT2D eigenvalue weighted by molar-refractivity contribution is -0.124. The van der Waals surface area contributed by atoms with Gasteiger partial charge in [0.2, 0.25) is 5.91 Å². The van der Waals surface area contributed by atoms with Crippen molar-refractivity contribution in [1.82, 2.24) is 10.6 Å². The summed E-state index contributed by atoms with van der Waals surface area (Å²) in [5.41, 5.74) is 1.04. The third-order valence-corrected chi connectivity index (χ3v) is 5.95. The predicted molar refractivity (Wildman–Crippen MR) is 92.8 cm³/mol. The molecule has 3 aliphatic rings. The summed E-state index contributed by atoms with van der Waals surface area (Å²) in [6.45, 7) is 4.66. The summed E-state index contributed by atoms with van der Waals surface area (Å²) < 4.78 is 7.20. The van der Waals surface area contributed by atoms with Crippen LogP contribution < -0.4 is 15.4 Å². The van der Waals surface area contributed by atoms with E-state index in [1.807, 2.05) is 6.07 Å². The molecule has 1 unspecified atom stereocenters. The van der Waals surface area contributed by atoms with Crippen LogP contribution in [0.4, 0.5) is 0 Å². The second kappa shape index (κ2) is 5.37. The number of hydrogen-bond donors (Lipinski definition) is 2. The van der Waals surface area contributed by atoms with Crippen LogP contribution in [0.3, 0.4) is 0 Å². The first-order valence-electron chi connectivity index (χ1n) is 8.00. The van der Waals surface area contributed by atoms with Crippen LogP contribution in [-0.4, -0.2) is 31.1 Å². The van der Waals surface area contributed by atoms with Crippen molar-refractivity contribution in [1.29, 1.82) is 0 Å². The molecule has 0 radical (unpaired) electrons. The highest BCUT2D eigenvalue weighted by molar-refractivity contribution is 14.1. The van der Waals surface area contributed by atoms with E-state index in [-0.39, 0.29) is 17.4 Å². The van der Waals surface area contributed by atoms with Crippen LogP contribution in [0, 0.1) is 28.2 Å². The first kappa shape index (κ1) is 14.8. The molecular formula is C17H21IN2O2. The highest BCUT2D eigenvalue weighted by Gasteiger charge is 2.58. The number of rotatable bonds is 5. The van der Waals surface area contributed by atoms with Crippen molar-refractivity contribution in [2.24, 2.45) is 17.8 Å². The predicted octanol–water partition coefficient (Wildman–Crippen LogP) is 2.09. The molecule has 1 aromatic carbocycles. The van der Waals surface area contributed by atoms with E-state index in [1.54, 1.807) is 0 Å². The molecule has 1 heterocycles. The molecule has 3 fully saturated rings. The SMILES string of the molecule is Cc1cc(I)ccc1OCC1(NC(=O)C2[C@H]3CNC[C@@H]23)CC1. The molecule has 1 saturated heterocycles. The average Bonchev–Trinajstić information content (AvgIpc) is 3.35. The van der Waals surface area contributed by atoms with E-state index in [9.17, 15) is 4.79 Å². The molecule has 2 aliphatic carbocycles. The van der Waals surface area contributed by atoms with Crippen LogP contribution >= 0.6 is 22.6 Å². The van der Waals surface area contributed by atoms with E-state index >= 15 is 0 Å². The van der Waals surface area contributed by atoms with Crippen molar-refractivity contribution in [2.75, 3.05) is 19.7 Å². The Kier molecular flexibility index (Phi) is 3.60. The number of benzene rings is 1. The van der Waals surface area contributed by atoms with Gasteiger partial charge in [-0.2, -0.15) is 0 Å². The first-order chi connectivity index (χ1) is 10.6. The Morgan fingerprint density at radius 2 is 2.14 bits per heavy atom. The fourth-order valence-corrected chi connectivity index (χ4v) is 4.25. The van der Waals surface area contributed by atoms with E-state index in [4.69, 9.17) is 4.74 Å². The molecule has 22 heavy (non-hydrogen) atoms. The van der Waals surface area contributed by atoms with Crippen LogP contribution in [0.15, 0.2) is 18.2 Å². The lowest BCUT2D eigenvalue weighted by atomic mass is 10.2. The fourth-order valence-electron chi connectivity index (χ4n) is 3.60. The molecule has 4 nitrogen and oxygen atoms in total. The van der Waals surface area contributed by atoms with Crippen molar-refractivity contribution in [3.8, 4) is 5.75 Å². The molecule has 4 rings (SSSR count). The molecule has 2 saturated carbocycles. The minimum absolute atomic E-state index is 0.114. The molecule has 1 amide bonds. The Balaban J connectivity index is 1.33. The highest BCUT2D eigenvalue weighted by Crippen LogP contribution is 2.49. The molecule has 3 atom stereocenters. The standard InChI is InChI=1S/C17H21IN2O2/c1-10-6-11(18)2-3-14(10)22-9-17(4-5-17)20-16(21)15-12-7-19-8-13(12)15/h2-3,6,12-13,15,19H,4-5,7-9H2,1H3,(H,20,21)/t12-,13+,15?. The van der Waals surface area contributed by atoms with Gasteiger partial charge in [-0.3, -0.25) is 4.79 Å². The largest absolute Gasteiger partial charge is 0.491 e. The maximum atomic E-state index is 12.4. The molecule has 1 aliphatic heterocycles. The summed E-state index contributed by atoms with van der Waals surface area (Å²) in [7, 11) is 0. The monoisotopic (exact) mass is 412 g/mol. The Bertz CT molecular complexity index is 605. The van der Waals surface area contributed by atoms with Gasteiger partial charge in [0.25, 0.3) is 0 Å². The van der Waals surface area contributed by atoms with Crippen molar-refractivity contribution in [3.05, 3.63) is 27.3 Å². The van der Waals surface area contributed by atoms with Crippen molar-refractivity contribution >= 4 is 28.5 Å². The zero-order chi connectivity index (χ0) is 15.3. The normalized spacial score (nSPS) is 30.5. The second-order valence-corrected chi connectivity index (χ2v) is 8.23. The highest BCUT2D eigenvalue weighted by atomic mass is 127. The summed E-state index contributed by atoms with van der Waals surface area (Å²) in [5, 5.41) is 6.60. The minimum Gasteiger partial charge on any atom is -0.491 e. The Morgan fingerprint density at radius 1 is 1.41 bits per heavy atom. The molecule has 118 valence electrons. The summed E-state index contributed by atoms with van der Waals surface area (Å²) in [6.07, 6.45) is 2.06. The van der Waals surface area contributed by atoms with Crippen LogP contribution in [0.25, 0.3) is 0 Å². The van der Waals surface area contributed by atoms with Gasteiger partial charge in [0, 0.05) is 9.49 Å². The van der Waals surface area contributed by atoms with Crippen LogP contribution in [-0.2, 0) is 4.79 Å². The number of hydrogen-bond acceptors (Lipinski definition) is 3. The second-order valence-electron chi connectivity index (χ2n) is 6.98. The molecule has 5 heteroatoms. The Morgan fingerprint density at radius 3 is 2.77 bits per heavy atom. The topological polar surface area (TPSA) is 50.4 Å². The third-order valence-electron chi connectivity index (χ3n) is 5.28. The number of fused-ring (bicyclic) bond motifs is 1. The van der Waals surface area contributed by atoms with Gasteiger partial charge in [0.1, 0.15) is 12.4 Å². The minimum atomic E-state index is -0.114. The summed E-state index contributed by atoms with van der Waals surface area (Å²) in [5.74, 6) is 2.58. The van der Waals surface area contributed by atoms with E-state index in [2.05, 4.69) is 52.3 Å². The third kappa shape index (κ3) is 2.73. The number of aryl methyl sites for hydroxylation is 1. The van der Waals surface area contributed by atoms with Crippen LogP contribution in [0.5, 0.6) is 5.75 Å². The number of ether oxygens (including phenoxy) is 1. The molecule has 1 aromatic rings. The van der Waals surface area contributed by atoms with Crippen molar-refractivity contribution < 1.29 is 9.53 Å². The van der Waals surface area contributed by atoms with E-state index in [0.717, 1.165) is 37.2 Å². The average molecular weight is 412 g/mol. The van der Waals surface area contributed by atoms with Gasteiger partial charge in [-0.05, 0) is 91.0 Å². The van der Waals surface area contributed by atoms with Gasteiger partial charge in [-0.15, -0.1) is 0 Å². The van der Waals surface area contributed by atoms with Crippen molar-refractivity contribution in [2.45, 2.75) is 25.3 Å². The molecule has 0 spiro atoms. The summed E-state index contributed by atoms with van der Waals surface area (Å²) in [6, 6.07) is 6.19. The maximum Gasteiger partial charge on any atom is 0.224 e. The number of piperidine rings is 1. The number of carbonyl (C=O) groups is 1. The summed E-state index contributed by atoms with van der Waals surface area (Å²) >= 11 is 2.30. The number of halogens is 1. The number of amides is 1. The quantitative estimate of drug-likeness (QED) is 0.729. The zero-order valence-corrected chi connectivity index (χ0v) is 14.9. The Hall–Kier alpha value is -0.820. The molecule has 2 N–H and O–H groups in total. The van der Waals surface area contributed by atoms with Gasteiger partial charge in [0.05, 0.1) is 5.54 Å². The number of carbonyl (C=O) groups excluding carboxylic acids is 1. The molecule has 0 aromatic heterocycles. The smallest absolute Gasteiger partial charge is 0.224 e. The molecule has 0 bridgehead atoms.